The number of imidazole rings is 1. The van der Waals surface area contributed by atoms with E-state index in [1.807, 2.05) is 18.2 Å². The van der Waals surface area contributed by atoms with Crippen LogP contribution in [-0.2, 0) is 6.42 Å². The van der Waals surface area contributed by atoms with E-state index in [1.54, 1.807) is 16.1 Å². The van der Waals surface area contributed by atoms with Crippen LogP contribution in [0, 0.1) is 0 Å². The van der Waals surface area contributed by atoms with Crippen molar-refractivity contribution in [2.24, 2.45) is 4.99 Å². The van der Waals surface area contributed by atoms with Gasteiger partial charge in [0.2, 0.25) is 0 Å². The number of aromatic nitrogens is 2. The first-order valence-corrected chi connectivity index (χ1v) is 8.02. The molecule has 1 aromatic heterocycles. The molecule has 1 atom stereocenters. The number of carbonyl (C=O) groups is 1. The lowest BCUT2D eigenvalue weighted by Gasteiger charge is -2.32. The highest BCUT2D eigenvalue weighted by atomic mass is 35.5. The van der Waals surface area contributed by atoms with E-state index in [2.05, 4.69) is 29.0 Å². The van der Waals surface area contributed by atoms with Crippen LogP contribution in [0.2, 0.25) is 0 Å². The number of nitrogens with one attached hydrogen (secondary N) is 1. The molecule has 0 unspecified atom stereocenters. The largest absolute Gasteiger partial charge is 0.340 e. The van der Waals surface area contributed by atoms with Crippen LogP contribution >= 0.6 is 12.4 Å². The molecular formula is C17H20ClN5O. The molecule has 0 aliphatic carbocycles. The quantitative estimate of drug-likeness (QED) is 0.926. The molecule has 0 saturated heterocycles. The lowest BCUT2D eigenvalue weighted by Crippen LogP contribution is -2.50. The number of aromatic amines is 1. The first-order valence-electron chi connectivity index (χ1n) is 8.02. The van der Waals surface area contributed by atoms with Crippen LogP contribution < -0.4 is 4.90 Å². The molecule has 2 aromatic rings. The number of benzene rings is 1. The Morgan fingerprint density at radius 2 is 2.08 bits per heavy atom. The number of nitrogens with zero attached hydrogens (tertiary/aromatic N) is 4. The van der Waals surface area contributed by atoms with Crippen LogP contribution in [0.5, 0.6) is 0 Å². The van der Waals surface area contributed by atoms with E-state index in [1.165, 1.54) is 5.56 Å². The number of hydrogen-bond donors (Lipinski definition) is 1. The molecule has 3 heterocycles. The van der Waals surface area contributed by atoms with E-state index in [-0.39, 0.29) is 24.5 Å². The van der Waals surface area contributed by atoms with E-state index in [9.17, 15) is 4.79 Å². The van der Waals surface area contributed by atoms with Gasteiger partial charge in [0.1, 0.15) is 5.69 Å². The van der Waals surface area contributed by atoms with E-state index >= 15 is 0 Å². The number of urea groups is 1. The molecule has 6 nitrogen and oxygen atoms in total. The zero-order valence-corrected chi connectivity index (χ0v) is 14.3. The molecule has 1 aromatic carbocycles. The highest BCUT2D eigenvalue weighted by Gasteiger charge is 2.41. The van der Waals surface area contributed by atoms with Crippen LogP contribution in [0.4, 0.5) is 10.6 Å². The number of anilines is 1. The molecule has 0 spiro atoms. The predicted molar refractivity (Wildman–Crippen MR) is 96.0 cm³/mol. The van der Waals surface area contributed by atoms with E-state index in [0.29, 0.717) is 18.9 Å². The number of halogens is 1. The van der Waals surface area contributed by atoms with E-state index in [0.717, 1.165) is 24.4 Å². The Morgan fingerprint density at radius 3 is 2.83 bits per heavy atom. The van der Waals surface area contributed by atoms with Gasteiger partial charge >= 0.3 is 6.03 Å². The Bertz CT molecular complexity index is 757. The molecule has 0 fully saturated rings. The van der Waals surface area contributed by atoms with Crippen molar-refractivity contribution in [3.63, 3.8) is 0 Å². The van der Waals surface area contributed by atoms with Crippen molar-refractivity contribution in [2.45, 2.75) is 25.8 Å². The summed E-state index contributed by atoms with van der Waals surface area (Å²) in [6.07, 6.45) is 3.37. The Kier molecular flexibility index (Phi) is 4.57. The highest BCUT2D eigenvalue weighted by Crippen LogP contribution is 2.30. The molecule has 2 aliphatic heterocycles. The van der Waals surface area contributed by atoms with Crippen molar-refractivity contribution < 1.29 is 4.79 Å². The molecule has 2 amide bonds. The van der Waals surface area contributed by atoms with Crippen molar-refractivity contribution in [1.29, 1.82) is 0 Å². The monoisotopic (exact) mass is 345 g/mol. The Hall–Kier alpha value is -2.34. The second kappa shape index (κ2) is 6.65. The molecule has 7 heteroatoms. The van der Waals surface area contributed by atoms with Gasteiger partial charge in [0.15, 0.2) is 11.7 Å². The second-order valence-electron chi connectivity index (χ2n) is 5.94. The average Bonchev–Trinajstić information content (AvgIpc) is 3.19. The number of amidine groups is 1. The number of hydrogen-bond acceptors (Lipinski definition) is 3. The topological polar surface area (TPSA) is 64.6 Å². The fourth-order valence-corrected chi connectivity index (χ4v) is 3.26. The number of aliphatic imine (C=N–C) groups is 1. The smallest absolute Gasteiger partial charge is 0.331 e. The van der Waals surface area contributed by atoms with Gasteiger partial charge in [-0.15, -0.1) is 12.4 Å². The van der Waals surface area contributed by atoms with Gasteiger partial charge in [0.05, 0.1) is 18.9 Å². The fraction of sp³-hybridized carbons (Fsp3) is 0.353. The number of rotatable bonds is 4. The third kappa shape index (κ3) is 2.67. The van der Waals surface area contributed by atoms with Crippen molar-refractivity contribution in [2.75, 3.05) is 18.0 Å². The summed E-state index contributed by atoms with van der Waals surface area (Å²) in [5.41, 5.74) is 2.10. The van der Waals surface area contributed by atoms with Gasteiger partial charge in [-0.2, -0.15) is 0 Å². The van der Waals surface area contributed by atoms with Crippen LogP contribution in [0.25, 0.3) is 0 Å². The standard InChI is InChI=1S/C17H19N5O.ClH/c1-2-8-21-15-14(18-11-19-15)16-20-13(10-22(16)17(21)23)9-12-6-4-3-5-7-12;/h3-7,11,13H,2,8-10H2,1H3,(H,18,19);1H/t13-;/m1./s1. The summed E-state index contributed by atoms with van der Waals surface area (Å²) < 4.78 is 0. The van der Waals surface area contributed by atoms with Crippen molar-refractivity contribution in [3.05, 3.63) is 47.9 Å². The number of fused-ring (bicyclic) bond motifs is 3. The van der Waals surface area contributed by atoms with Gasteiger partial charge < -0.3 is 4.98 Å². The summed E-state index contributed by atoms with van der Waals surface area (Å²) in [7, 11) is 0. The summed E-state index contributed by atoms with van der Waals surface area (Å²) in [5.74, 6) is 1.43. The third-order valence-electron chi connectivity index (χ3n) is 4.28. The highest BCUT2D eigenvalue weighted by molar-refractivity contribution is 6.18. The maximum absolute atomic E-state index is 12.8. The minimum absolute atomic E-state index is 0. The average molecular weight is 346 g/mol. The molecule has 4 rings (SSSR count). The summed E-state index contributed by atoms with van der Waals surface area (Å²) in [6.45, 7) is 3.36. The third-order valence-corrected chi connectivity index (χ3v) is 4.28. The summed E-state index contributed by atoms with van der Waals surface area (Å²) in [6, 6.07) is 10.4. The normalized spacial score (nSPS) is 18.8. The lowest BCUT2D eigenvalue weighted by atomic mass is 10.1. The summed E-state index contributed by atoms with van der Waals surface area (Å²) in [4.78, 5) is 28.6. The maximum Gasteiger partial charge on any atom is 0.331 e. The first kappa shape index (κ1) is 16.5. The predicted octanol–water partition coefficient (Wildman–Crippen LogP) is 2.86. The summed E-state index contributed by atoms with van der Waals surface area (Å²) >= 11 is 0. The Morgan fingerprint density at radius 1 is 1.29 bits per heavy atom. The minimum atomic E-state index is -0.0132. The zero-order chi connectivity index (χ0) is 15.8. The van der Waals surface area contributed by atoms with Crippen molar-refractivity contribution in [1.82, 2.24) is 14.9 Å². The number of amides is 2. The van der Waals surface area contributed by atoms with Gasteiger partial charge in [-0.25, -0.2) is 9.78 Å². The Labute approximate surface area is 147 Å². The van der Waals surface area contributed by atoms with E-state index in [4.69, 9.17) is 4.99 Å². The maximum atomic E-state index is 12.8. The van der Waals surface area contributed by atoms with Crippen LogP contribution in [0.3, 0.4) is 0 Å². The number of H-pyrrole nitrogens is 1. The molecule has 2 aliphatic rings. The van der Waals surface area contributed by atoms with Gasteiger partial charge in [-0.1, -0.05) is 37.3 Å². The molecular weight excluding hydrogens is 326 g/mol. The molecule has 0 radical (unpaired) electrons. The van der Waals surface area contributed by atoms with Crippen LogP contribution in [0.1, 0.15) is 24.6 Å². The SMILES string of the molecule is CCCN1C(=O)N2C[C@@H](Cc3ccccc3)N=C2c2[nH]cnc21.Cl. The van der Waals surface area contributed by atoms with Crippen LogP contribution in [0.15, 0.2) is 41.7 Å². The second-order valence-corrected chi connectivity index (χ2v) is 5.94. The van der Waals surface area contributed by atoms with Crippen molar-refractivity contribution in [3.8, 4) is 0 Å². The molecule has 1 N–H and O–H groups in total. The van der Waals surface area contributed by atoms with Gasteiger partial charge in [0, 0.05) is 6.54 Å². The first-order chi connectivity index (χ1) is 11.3. The molecule has 24 heavy (non-hydrogen) atoms. The van der Waals surface area contributed by atoms with Crippen LogP contribution in [-0.4, -0.2) is 45.9 Å². The minimum Gasteiger partial charge on any atom is -0.340 e. The van der Waals surface area contributed by atoms with Gasteiger partial charge in [0.25, 0.3) is 0 Å². The van der Waals surface area contributed by atoms with E-state index < -0.39 is 0 Å². The molecule has 0 bridgehead atoms. The number of carbonyl (C=O) groups excluding carboxylic acids is 1. The Balaban J connectivity index is 0.00000169. The zero-order valence-electron chi connectivity index (χ0n) is 13.5. The van der Waals surface area contributed by atoms with Gasteiger partial charge in [-0.3, -0.25) is 14.8 Å². The van der Waals surface area contributed by atoms with Gasteiger partial charge in [-0.05, 0) is 18.4 Å². The molecule has 126 valence electrons. The lowest BCUT2D eigenvalue weighted by molar-refractivity contribution is 0.226. The molecule has 0 saturated carbocycles. The fourth-order valence-electron chi connectivity index (χ4n) is 3.26. The summed E-state index contributed by atoms with van der Waals surface area (Å²) in [5, 5.41) is 0. The van der Waals surface area contributed by atoms with Crippen molar-refractivity contribution >= 4 is 30.1 Å².